The summed E-state index contributed by atoms with van der Waals surface area (Å²) < 4.78 is 5.17. The standard InChI is InChI=1S/C18H26N2O2/c1-13-3-5-14(6-4-13)9-18(21)19-17-11-16-10-15(17)12-20(16)7-8-22-2/h3-6,15-17H,7-12H2,1-2H3,(H,19,21). The molecule has 1 aliphatic heterocycles. The van der Waals surface area contributed by atoms with Gasteiger partial charge in [0.15, 0.2) is 0 Å². The zero-order valence-electron chi connectivity index (χ0n) is 13.5. The van der Waals surface area contributed by atoms with Gasteiger partial charge in [0.25, 0.3) is 0 Å². The number of hydrogen-bond donors (Lipinski definition) is 1. The van der Waals surface area contributed by atoms with Crippen LogP contribution in [0.4, 0.5) is 0 Å². The van der Waals surface area contributed by atoms with Crippen LogP contribution in [0.25, 0.3) is 0 Å². The molecule has 1 N–H and O–H groups in total. The molecule has 4 nitrogen and oxygen atoms in total. The second-order valence-corrected chi connectivity index (χ2v) is 6.71. The van der Waals surface area contributed by atoms with E-state index in [1.807, 2.05) is 12.1 Å². The summed E-state index contributed by atoms with van der Waals surface area (Å²) in [6.07, 6.45) is 2.80. The zero-order valence-corrected chi connectivity index (χ0v) is 13.5. The summed E-state index contributed by atoms with van der Waals surface area (Å²) in [6.45, 7) is 4.98. The number of methoxy groups -OCH3 is 1. The second kappa shape index (κ2) is 6.80. The van der Waals surface area contributed by atoms with Crippen molar-refractivity contribution < 1.29 is 9.53 Å². The van der Waals surface area contributed by atoms with Crippen LogP contribution in [0.15, 0.2) is 24.3 Å². The maximum Gasteiger partial charge on any atom is 0.224 e. The number of rotatable bonds is 6. The molecule has 1 aromatic carbocycles. The Morgan fingerprint density at radius 3 is 2.73 bits per heavy atom. The summed E-state index contributed by atoms with van der Waals surface area (Å²) in [5.41, 5.74) is 2.32. The van der Waals surface area contributed by atoms with Crippen molar-refractivity contribution in [1.29, 1.82) is 0 Å². The number of ether oxygens (including phenoxy) is 1. The van der Waals surface area contributed by atoms with Crippen LogP contribution in [0.1, 0.15) is 24.0 Å². The Hall–Kier alpha value is -1.39. The number of nitrogens with one attached hydrogen (secondary N) is 1. The smallest absolute Gasteiger partial charge is 0.224 e. The van der Waals surface area contributed by atoms with E-state index in [4.69, 9.17) is 4.74 Å². The topological polar surface area (TPSA) is 41.6 Å². The fraction of sp³-hybridized carbons (Fsp3) is 0.611. The Bertz CT molecular complexity index is 514. The lowest BCUT2D eigenvalue weighted by Gasteiger charge is -2.31. The SMILES string of the molecule is COCCN1CC2CC1CC2NC(=O)Cc1ccc(C)cc1. The van der Waals surface area contributed by atoms with Gasteiger partial charge in [0, 0.05) is 32.3 Å². The number of fused-ring (bicyclic) bond motifs is 2. The Labute approximate surface area is 132 Å². The van der Waals surface area contributed by atoms with Crippen molar-refractivity contribution in [1.82, 2.24) is 10.2 Å². The van der Waals surface area contributed by atoms with Gasteiger partial charge in [0.2, 0.25) is 5.91 Å². The Kier molecular flexibility index (Phi) is 4.79. The number of aryl methyl sites for hydroxylation is 1. The highest BCUT2D eigenvalue weighted by molar-refractivity contribution is 5.79. The van der Waals surface area contributed by atoms with Crippen LogP contribution >= 0.6 is 0 Å². The monoisotopic (exact) mass is 302 g/mol. The number of hydrogen-bond acceptors (Lipinski definition) is 3. The van der Waals surface area contributed by atoms with E-state index in [-0.39, 0.29) is 5.91 Å². The molecule has 1 heterocycles. The average Bonchev–Trinajstić information content (AvgIpc) is 3.07. The van der Waals surface area contributed by atoms with Crippen LogP contribution in [0.2, 0.25) is 0 Å². The molecule has 0 radical (unpaired) electrons. The molecule has 0 aromatic heterocycles. The highest BCUT2D eigenvalue weighted by Gasteiger charge is 2.44. The summed E-state index contributed by atoms with van der Waals surface area (Å²) in [6, 6.07) is 9.21. The quantitative estimate of drug-likeness (QED) is 0.871. The number of carbonyl (C=O) groups excluding carboxylic acids is 1. The van der Waals surface area contributed by atoms with Gasteiger partial charge < -0.3 is 10.1 Å². The number of amides is 1. The van der Waals surface area contributed by atoms with Crippen molar-refractivity contribution in [3.63, 3.8) is 0 Å². The number of carbonyl (C=O) groups is 1. The molecule has 2 fully saturated rings. The summed E-state index contributed by atoms with van der Waals surface area (Å²) in [4.78, 5) is 14.7. The maximum atomic E-state index is 12.2. The van der Waals surface area contributed by atoms with Crippen LogP contribution in [-0.2, 0) is 16.0 Å². The molecule has 3 rings (SSSR count). The molecule has 1 amide bonds. The predicted octanol–water partition coefficient (Wildman–Crippen LogP) is 1.76. The van der Waals surface area contributed by atoms with E-state index in [1.54, 1.807) is 7.11 Å². The van der Waals surface area contributed by atoms with Gasteiger partial charge in [-0.1, -0.05) is 29.8 Å². The number of benzene rings is 1. The molecular formula is C18H26N2O2. The van der Waals surface area contributed by atoms with Crippen LogP contribution in [0, 0.1) is 12.8 Å². The van der Waals surface area contributed by atoms with E-state index >= 15 is 0 Å². The third-order valence-corrected chi connectivity index (χ3v) is 5.07. The molecule has 1 saturated carbocycles. The van der Waals surface area contributed by atoms with Gasteiger partial charge in [-0.2, -0.15) is 0 Å². The molecule has 120 valence electrons. The van der Waals surface area contributed by atoms with Crippen molar-refractivity contribution in [3.8, 4) is 0 Å². The van der Waals surface area contributed by atoms with Gasteiger partial charge in [0.1, 0.15) is 0 Å². The van der Waals surface area contributed by atoms with Crippen LogP contribution in [0.5, 0.6) is 0 Å². The average molecular weight is 302 g/mol. The Morgan fingerprint density at radius 2 is 2.09 bits per heavy atom. The molecule has 2 bridgehead atoms. The van der Waals surface area contributed by atoms with Gasteiger partial charge in [0.05, 0.1) is 13.0 Å². The summed E-state index contributed by atoms with van der Waals surface area (Å²) in [5, 5.41) is 3.25. The summed E-state index contributed by atoms with van der Waals surface area (Å²) in [7, 11) is 1.75. The van der Waals surface area contributed by atoms with Crippen molar-refractivity contribution in [2.75, 3.05) is 26.8 Å². The lowest BCUT2D eigenvalue weighted by atomic mass is 10.0. The van der Waals surface area contributed by atoms with Crippen molar-refractivity contribution in [2.24, 2.45) is 5.92 Å². The fourth-order valence-corrected chi connectivity index (χ4v) is 3.85. The molecule has 1 saturated heterocycles. The third-order valence-electron chi connectivity index (χ3n) is 5.07. The first-order valence-electron chi connectivity index (χ1n) is 8.23. The van der Waals surface area contributed by atoms with Crippen LogP contribution < -0.4 is 5.32 Å². The Morgan fingerprint density at radius 1 is 1.32 bits per heavy atom. The van der Waals surface area contributed by atoms with E-state index in [1.165, 1.54) is 12.0 Å². The first-order valence-corrected chi connectivity index (χ1v) is 8.23. The summed E-state index contributed by atoms with van der Waals surface area (Å²) in [5.74, 6) is 0.772. The molecule has 22 heavy (non-hydrogen) atoms. The molecule has 4 heteroatoms. The van der Waals surface area contributed by atoms with Gasteiger partial charge in [-0.3, -0.25) is 9.69 Å². The highest BCUT2D eigenvalue weighted by atomic mass is 16.5. The van der Waals surface area contributed by atoms with Gasteiger partial charge in [-0.05, 0) is 31.2 Å². The third kappa shape index (κ3) is 3.50. The van der Waals surface area contributed by atoms with E-state index in [0.717, 1.165) is 31.7 Å². The van der Waals surface area contributed by atoms with E-state index in [0.29, 0.717) is 24.4 Å². The van der Waals surface area contributed by atoms with Gasteiger partial charge in [-0.15, -0.1) is 0 Å². The first-order chi connectivity index (χ1) is 10.7. The maximum absolute atomic E-state index is 12.2. The molecule has 0 spiro atoms. The van der Waals surface area contributed by atoms with E-state index < -0.39 is 0 Å². The minimum atomic E-state index is 0.157. The number of piperidine rings is 1. The van der Waals surface area contributed by atoms with Crippen LogP contribution in [0.3, 0.4) is 0 Å². The van der Waals surface area contributed by atoms with Gasteiger partial charge >= 0.3 is 0 Å². The second-order valence-electron chi connectivity index (χ2n) is 6.71. The van der Waals surface area contributed by atoms with E-state index in [9.17, 15) is 4.79 Å². The van der Waals surface area contributed by atoms with Crippen LogP contribution in [-0.4, -0.2) is 49.7 Å². The molecule has 3 unspecified atom stereocenters. The minimum absolute atomic E-state index is 0.157. The molecular weight excluding hydrogens is 276 g/mol. The normalized spacial score (nSPS) is 27.3. The number of likely N-dealkylation sites (tertiary alicyclic amines) is 1. The lowest BCUT2D eigenvalue weighted by molar-refractivity contribution is -0.121. The first kappa shape index (κ1) is 15.5. The lowest BCUT2D eigenvalue weighted by Crippen LogP contribution is -2.46. The van der Waals surface area contributed by atoms with Crippen molar-refractivity contribution in [3.05, 3.63) is 35.4 Å². The molecule has 3 atom stereocenters. The van der Waals surface area contributed by atoms with Crippen molar-refractivity contribution >= 4 is 5.91 Å². The minimum Gasteiger partial charge on any atom is -0.383 e. The van der Waals surface area contributed by atoms with E-state index in [2.05, 4.69) is 29.3 Å². The fourth-order valence-electron chi connectivity index (χ4n) is 3.85. The molecule has 1 aliphatic carbocycles. The zero-order chi connectivity index (χ0) is 15.5. The highest BCUT2D eigenvalue weighted by Crippen LogP contribution is 2.37. The van der Waals surface area contributed by atoms with Crippen molar-refractivity contribution in [2.45, 2.75) is 38.3 Å². The molecule has 2 aliphatic rings. The summed E-state index contributed by atoms with van der Waals surface area (Å²) >= 11 is 0. The van der Waals surface area contributed by atoms with Gasteiger partial charge in [-0.25, -0.2) is 0 Å². The molecule has 1 aromatic rings. The Balaban J connectivity index is 1.47. The largest absolute Gasteiger partial charge is 0.383 e. The number of nitrogens with zero attached hydrogens (tertiary/aromatic N) is 1. The predicted molar refractivity (Wildman–Crippen MR) is 86.8 cm³/mol.